The SMILES string of the molecule is Cc1nnc2n1CCN(C1CNC1)C2. The molecule has 0 amide bonds. The van der Waals surface area contributed by atoms with Crippen molar-refractivity contribution in [3.63, 3.8) is 0 Å². The van der Waals surface area contributed by atoms with Crippen LogP contribution in [0.1, 0.15) is 11.6 Å². The fourth-order valence-electron chi connectivity index (χ4n) is 2.17. The van der Waals surface area contributed by atoms with E-state index in [9.17, 15) is 0 Å². The van der Waals surface area contributed by atoms with Crippen LogP contribution in [0.3, 0.4) is 0 Å². The lowest BCUT2D eigenvalue weighted by molar-refractivity contribution is 0.111. The summed E-state index contributed by atoms with van der Waals surface area (Å²) < 4.78 is 2.22. The third-order valence-corrected chi connectivity index (χ3v) is 3.24. The third-order valence-electron chi connectivity index (χ3n) is 3.24. The van der Waals surface area contributed by atoms with Gasteiger partial charge in [0.1, 0.15) is 11.6 Å². The molecule has 2 aliphatic rings. The van der Waals surface area contributed by atoms with E-state index in [1.165, 1.54) is 0 Å². The van der Waals surface area contributed by atoms with Gasteiger partial charge >= 0.3 is 0 Å². The van der Waals surface area contributed by atoms with Crippen molar-refractivity contribution in [2.45, 2.75) is 26.1 Å². The van der Waals surface area contributed by atoms with Crippen LogP contribution in [0, 0.1) is 6.92 Å². The molecule has 0 spiro atoms. The molecule has 2 aliphatic heterocycles. The summed E-state index contributed by atoms with van der Waals surface area (Å²) in [5, 5.41) is 11.6. The van der Waals surface area contributed by atoms with Crippen molar-refractivity contribution in [1.82, 2.24) is 25.0 Å². The van der Waals surface area contributed by atoms with Gasteiger partial charge in [-0.05, 0) is 6.92 Å². The molecule has 1 aromatic heterocycles. The van der Waals surface area contributed by atoms with Gasteiger partial charge in [-0.2, -0.15) is 0 Å². The van der Waals surface area contributed by atoms with Crippen molar-refractivity contribution in [3.05, 3.63) is 11.6 Å². The Labute approximate surface area is 83.1 Å². The summed E-state index contributed by atoms with van der Waals surface area (Å²) in [4.78, 5) is 2.50. The molecule has 0 aliphatic carbocycles. The lowest BCUT2D eigenvalue weighted by Crippen LogP contribution is -2.58. The van der Waals surface area contributed by atoms with Gasteiger partial charge in [-0.1, -0.05) is 0 Å². The molecule has 1 aromatic rings. The molecule has 5 heteroatoms. The first-order chi connectivity index (χ1) is 6.84. The Bertz CT molecular complexity index is 341. The lowest BCUT2D eigenvalue weighted by Gasteiger charge is -2.40. The Morgan fingerprint density at radius 2 is 2.14 bits per heavy atom. The number of nitrogens with zero attached hydrogens (tertiary/aromatic N) is 4. The number of rotatable bonds is 1. The number of aryl methyl sites for hydroxylation is 1. The maximum Gasteiger partial charge on any atom is 0.147 e. The van der Waals surface area contributed by atoms with Crippen LogP contribution < -0.4 is 5.32 Å². The van der Waals surface area contributed by atoms with Crippen molar-refractivity contribution in [2.24, 2.45) is 0 Å². The zero-order valence-corrected chi connectivity index (χ0v) is 8.40. The first kappa shape index (κ1) is 8.38. The smallest absolute Gasteiger partial charge is 0.147 e. The lowest BCUT2D eigenvalue weighted by atomic mass is 10.1. The monoisotopic (exact) mass is 193 g/mol. The highest BCUT2D eigenvalue weighted by atomic mass is 15.4. The van der Waals surface area contributed by atoms with Crippen LogP contribution in [-0.4, -0.2) is 45.3 Å². The van der Waals surface area contributed by atoms with E-state index < -0.39 is 0 Å². The number of hydrogen-bond donors (Lipinski definition) is 1. The fourth-order valence-corrected chi connectivity index (χ4v) is 2.17. The summed E-state index contributed by atoms with van der Waals surface area (Å²) in [6, 6.07) is 0.723. The number of fused-ring (bicyclic) bond motifs is 1. The summed E-state index contributed by atoms with van der Waals surface area (Å²) in [6.07, 6.45) is 0. The zero-order chi connectivity index (χ0) is 9.54. The number of aromatic nitrogens is 3. The minimum absolute atomic E-state index is 0.723. The summed E-state index contributed by atoms with van der Waals surface area (Å²) in [5.41, 5.74) is 0. The van der Waals surface area contributed by atoms with Crippen LogP contribution in [0.25, 0.3) is 0 Å². The average molecular weight is 193 g/mol. The van der Waals surface area contributed by atoms with Crippen LogP contribution >= 0.6 is 0 Å². The highest BCUT2D eigenvalue weighted by Gasteiger charge is 2.28. The molecule has 14 heavy (non-hydrogen) atoms. The molecule has 3 rings (SSSR count). The van der Waals surface area contributed by atoms with Crippen molar-refractivity contribution in [1.29, 1.82) is 0 Å². The Hall–Kier alpha value is -0.940. The van der Waals surface area contributed by atoms with Crippen LogP contribution in [0.5, 0.6) is 0 Å². The largest absolute Gasteiger partial charge is 0.314 e. The Balaban J connectivity index is 1.79. The average Bonchev–Trinajstić information content (AvgIpc) is 2.45. The Morgan fingerprint density at radius 1 is 1.29 bits per heavy atom. The normalized spacial score (nSPS) is 23.2. The van der Waals surface area contributed by atoms with Crippen molar-refractivity contribution >= 4 is 0 Å². The highest BCUT2D eigenvalue weighted by Crippen LogP contribution is 2.15. The quantitative estimate of drug-likeness (QED) is 0.645. The second-order valence-electron chi connectivity index (χ2n) is 4.10. The van der Waals surface area contributed by atoms with Crippen LogP contribution in [-0.2, 0) is 13.1 Å². The van der Waals surface area contributed by atoms with Gasteiger partial charge in [0.15, 0.2) is 0 Å². The maximum atomic E-state index is 4.20. The fraction of sp³-hybridized carbons (Fsp3) is 0.778. The Morgan fingerprint density at radius 3 is 2.86 bits per heavy atom. The molecular weight excluding hydrogens is 178 g/mol. The molecule has 1 saturated heterocycles. The molecule has 1 N–H and O–H groups in total. The van der Waals surface area contributed by atoms with E-state index >= 15 is 0 Å². The third kappa shape index (κ3) is 1.16. The van der Waals surface area contributed by atoms with Gasteiger partial charge in [-0.15, -0.1) is 10.2 Å². The predicted molar refractivity (Wildman–Crippen MR) is 51.8 cm³/mol. The minimum atomic E-state index is 0.723. The van der Waals surface area contributed by atoms with Gasteiger partial charge in [0.2, 0.25) is 0 Å². The first-order valence-electron chi connectivity index (χ1n) is 5.18. The number of nitrogens with one attached hydrogen (secondary N) is 1. The van der Waals surface area contributed by atoms with Crippen LogP contribution in [0.15, 0.2) is 0 Å². The van der Waals surface area contributed by atoms with E-state index in [-0.39, 0.29) is 0 Å². The van der Waals surface area contributed by atoms with Crippen molar-refractivity contribution in [3.8, 4) is 0 Å². The summed E-state index contributed by atoms with van der Waals surface area (Å²) >= 11 is 0. The van der Waals surface area contributed by atoms with Gasteiger partial charge < -0.3 is 9.88 Å². The van der Waals surface area contributed by atoms with Crippen molar-refractivity contribution < 1.29 is 0 Å². The van der Waals surface area contributed by atoms with Gasteiger partial charge in [-0.25, -0.2) is 0 Å². The molecule has 3 heterocycles. The Kier molecular flexibility index (Phi) is 1.81. The second-order valence-corrected chi connectivity index (χ2v) is 4.10. The molecule has 0 unspecified atom stereocenters. The summed E-state index contributed by atoms with van der Waals surface area (Å²) in [7, 11) is 0. The molecule has 0 bridgehead atoms. The maximum absolute atomic E-state index is 4.20. The molecule has 1 fully saturated rings. The van der Waals surface area contributed by atoms with Gasteiger partial charge in [0.05, 0.1) is 6.54 Å². The predicted octanol–water partition coefficient (Wildman–Crippen LogP) is -0.626. The van der Waals surface area contributed by atoms with E-state index in [4.69, 9.17) is 0 Å². The highest BCUT2D eigenvalue weighted by molar-refractivity contribution is 4.99. The van der Waals surface area contributed by atoms with Crippen LogP contribution in [0.2, 0.25) is 0 Å². The van der Waals surface area contributed by atoms with Crippen molar-refractivity contribution in [2.75, 3.05) is 19.6 Å². The molecule has 0 radical (unpaired) electrons. The number of hydrogen-bond acceptors (Lipinski definition) is 4. The molecule has 0 atom stereocenters. The first-order valence-corrected chi connectivity index (χ1v) is 5.18. The minimum Gasteiger partial charge on any atom is -0.314 e. The molecule has 76 valence electrons. The van der Waals surface area contributed by atoms with E-state index in [0.717, 1.165) is 50.4 Å². The summed E-state index contributed by atoms with van der Waals surface area (Å²) in [6.45, 7) is 7.44. The topological polar surface area (TPSA) is 46.0 Å². The van der Waals surface area contributed by atoms with Gasteiger partial charge in [-0.3, -0.25) is 4.90 Å². The van der Waals surface area contributed by atoms with E-state index in [1.807, 2.05) is 6.92 Å². The van der Waals surface area contributed by atoms with Crippen LogP contribution in [0.4, 0.5) is 0 Å². The second kappa shape index (κ2) is 3.03. The molecule has 0 saturated carbocycles. The van der Waals surface area contributed by atoms with Gasteiger partial charge in [0.25, 0.3) is 0 Å². The molecule has 0 aromatic carbocycles. The molecular formula is C9H15N5. The summed E-state index contributed by atoms with van der Waals surface area (Å²) in [5.74, 6) is 2.17. The van der Waals surface area contributed by atoms with Gasteiger partial charge in [0, 0.05) is 32.2 Å². The zero-order valence-electron chi connectivity index (χ0n) is 8.40. The van der Waals surface area contributed by atoms with E-state index in [0.29, 0.717) is 0 Å². The molecule has 5 nitrogen and oxygen atoms in total. The van der Waals surface area contributed by atoms with E-state index in [1.54, 1.807) is 0 Å². The standard InChI is InChI=1S/C9H15N5/c1-7-11-12-9-6-13(2-3-14(7)9)8-4-10-5-8/h8,10H,2-6H2,1H3. The van der Waals surface area contributed by atoms with E-state index in [2.05, 4.69) is 25.0 Å².